The summed E-state index contributed by atoms with van der Waals surface area (Å²) in [6.07, 6.45) is 0. The van der Waals surface area contributed by atoms with Crippen LogP contribution < -0.4 is 10.6 Å². The Kier molecular flexibility index (Phi) is 8.15. The maximum atomic E-state index is 12.0. The van der Waals surface area contributed by atoms with Crippen LogP contribution in [0.1, 0.15) is 17.2 Å². The predicted octanol–water partition coefficient (Wildman–Crippen LogP) is 3.15. The lowest BCUT2D eigenvalue weighted by molar-refractivity contribution is -0.118. The number of amides is 2. The molecule has 2 N–H and O–H groups in total. The third-order valence-electron chi connectivity index (χ3n) is 3.85. The van der Waals surface area contributed by atoms with Gasteiger partial charge >= 0.3 is 0 Å². The molecule has 1 atom stereocenters. The van der Waals surface area contributed by atoms with Crippen LogP contribution in [0.5, 0.6) is 0 Å². The molecule has 1 aromatic carbocycles. The highest BCUT2D eigenvalue weighted by Crippen LogP contribution is 2.20. The monoisotopic (exact) mass is 391 g/mol. The van der Waals surface area contributed by atoms with Crippen molar-refractivity contribution in [2.45, 2.75) is 13.0 Å². The van der Waals surface area contributed by atoms with Gasteiger partial charge in [0, 0.05) is 12.2 Å². The first-order valence-electron chi connectivity index (χ1n) is 8.35. The van der Waals surface area contributed by atoms with Crippen molar-refractivity contribution in [3.63, 3.8) is 0 Å². The SMILES string of the molecule is Cc1ccc(NC(=O)CSCC(=O)NCC(c2ccsc2)N(C)C)cc1. The van der Waals surface area contributed by atoms with Crippen molar-refractivity contribution >= 4 is 40.6 Å². The van der Waals surface area contributed by atoms with E-state index >= 15 is 0 Å². The molecule has 2 aromatic rings. The van der Waals surface area contributed by atoms with E-state index in [0.717, 1.165) is 11.3 Å². The van der Waals surface area contributed by atoms with Gasteiger partial charge in [-0.25, -0.2) is 0 Å². The lowest BCUT2D eigenvalue weighted by atomic mass is 10.1. The van der Waals surface area contributed by atoms with Crippen LogP contribution in [0.15, 0.2) is 41.1 Å². The van der Waals surface area contributed by atoms with Gasteiger partial charge in [0.15, 0.2) is 0 Å². The maximum Gasteiger partial charge on any atom is 0.234 e. The van der Waals surface area contributed by atoms with Crippen LogP contribution in [0.3, 0.4) is 0 Å². The van der Waals surface area contributed by atoms with E-state index < -0.39 is 0 Å². The van der Waals surface area contributed by atoms with E-state index in [0.29, 0.717) is 6.54 Å². The largest absolute Gasteiger partial charge is 0.353 e. The zero-order chi connectivity index (χ0) is 18.9. The fourth-order valence-corrected chi connectivity index (χ4v) is 3.75. The second-order valence-electron chi connectivity index (χ2n) is 6.25. The molecule has 7 heteroatoms. The zero-order valence-corrected chi connectivity index (χ0v) is 17.0. The first-order chi connectivity index (χ1) is 12.5. The molecule has 0 saturated heterocycles. The van der Waals surface area contributed by atoms with Crippen LogP contribution >= 0.6 is 23.1 Å². The summed E-state index contributed by atoms with van der Waals surface area (Å²) in [6, 6.07) is 9.87. The molecule has 0 radical (unpaired) electrons. The van der Waals surface area contributed by atoms with Gasteiger partial charge in [-0.2, -0.15) is 11.3 Å². The second-order valence-corrected chi connectivity index (χ2v) is 8.01. The molecule has 2 rings (SSSR count). The maximum absolute atomic E-state index is 12.0. The molecule has 26 heavy (non-hydrogen) atoms. The van der Waals surface area contributed by atoms with Crippen molar-refractivity contribution in [2.75, 3.05) is 37.5 Å². The number of rotatable bonds is 9. The molecule has 1 heterocycles. The van der Waals surface area contributed by atoms with Gasteiger partial charge in [0.1, 0.15) is 0 Å². The Morgan fingerprint density at radius 1 is 1.12 bits per heavy atom. The van der Waals surface area contributed by atoms with Crippen molar-refractivity contribution in [2.24, 2.45) is 0 Å². The number of likely N-dealkylation sites (N-methyl/N-ethyl adjacent to an activating group) is 1. The molecule has 1 aromatic heterocycles. The molecule has 0 saturated carbocycles. The minimum atomic E-state index is -0.101. The van der Waals surface area contributed by atoms with Gasteiger partial charge in [-0.3, -0.25) is 9.59 Å². The Balaban J connectivity index is 1.68. The van der Waals surface area contributed by atoms with Gasteiger partial charge in [0.25, 0.3) is 0 Å². The lowest BCUT2D eigenvalue weighted by Gasteiger charge is -2.23. The summed E-state index contributed by atoms with van der Waals surface area (Å²) in [7, 11) is 4.00. The van der Waals surface area contributed by atoms with E-state index in [1.165, 1.54) is 17.3 Å². The lowest BCUT2D eigenvalue weighted by Crippen LogP contribution is -2.35. The molecule has 0 fully saturated rings. The van der Waals surface area contributed by atoms with Crippen LogP contribution in [0.25, 0.3) is 0 Å². The van der Waals surface area contributed by atoms with Crippen LogP contribution in [-0.4, -0.2) is 48.9 Å². The number of thiophene rings is 1. The van der Waals surface area contributed by atoms with Crippen molar-refractivity contribution in [1.82, 2.24) is 10.2 Å². The number of carbonyl (C=O) groups excluding carboxylic acids is 2. The Bertz CT molecular complexity index is 700. The van der Waals surface area contributed by atoms with Crippen LogP contribution in [-0.2, 0) is 9.59 Å². The average Bonchev–Trinajstić information content (AvgIpc) is 3.11. The first kappa shape index (κ1) is 20.5. The quantitative estimate of drug-likeness (QED) is 0.689. The number of benzene rings is 1. The Morgan fingerprint density at radius 2 is 1.81 bits per heavy atom. The molecule has 5 nitrogen and oxygen atoms in total. The summed E-state index contributed by atoms with van der Waals surface area (Å²) in [5.41, 5.74) is 3.12. The van der Waals surface area contributed by atoms with Crippen LogP contribution in [0, 0.1) is 6.92 Å². The molecule has 2 amide bonds. The van der Waals surface area contributed by atoms with Gasteiger partial charge in [0.05, 0.1) is 17.5 Å². The molecule has 0 spiro atoms. The number of anilines is 1. The highest BCUT2D eigenvalue weighted by atomic mass is 32.2. The van der Waals surface area contributed by atoms with Crippen molar-refractivity contribution in [1.29, 1.82) is 0 Å². The highest BCUT2D eigenvalue weighted by molar-refractivity contribution is 8.00. The number of carbonyl (C=O) groups is 2. The minimum Gasteiger partial charge on any atom is -0.353 e. The number of nitrogens with zero attached hydrogens (tertiary/aromatic N) is 1. The molecule has 1 unspecified atom stereocenters. The van der Waals surface area contributed by atoms with E-state index in [9.17, 15) is 9.59 Å². The molecule has 0 bridgehead atoms. The fraction of sp³-hybridized carbons (Fsp3) is 0.368. The van der Waals surface area contributed by atoms with E-state index in [-0.39, 0.29) is 29.4 Å². The number of aryl methyl sites for hydroxylation is 1. The highest BCUT2D eigenvalue weighted by Gasteiger charge is 2.15. The fourth-order valence-electron chi connectivity index (χ4n) is 2.40. The van der Waals surface area contributed by atoms with Gasteiger partial charge in [-0.15, -0.1) is 11.8 Å². The van der Waals surface area contributed by atoms with Crippen molar-refractivity contribution in [3.8, 4) is 0 Å². The summed E-state index contributed by atoms with van der Waals surface area (Å²) in [5, 5.41) is 9.92. The van der Waals surface area contributed by atoms with Gasteiger partial charge in [-0.05, 0) is 55.5 Å². The molecule has 140 valence electrons. The standard InChI is InChI=1S/C19H25N3O2S2/c1-14-4-6-16(7-5-14)21-19(24)13-26-12-18(23)20-10-17(22(2)3)15-8-9-25-11-15/h4-9,11,17H,10,12-13H2,1-3H3,(H,20,23)(H,21,24). The molecular formula is C19H25N3O2S2. The third-order valence-corrected chi connectivity index (χ3v) is 5.48. The Labute approximate surface area is 163 Å². The number of hydrogen-bond donors (Lipinski definition) is 2. The number of hydrogen-bond acceptors (Lipinski definition) is 5. The summed E-state index contributed by atoms with van der Waals surface area (Å²) in [5.74, 6) is 0.366. The van der Waals surface area contributed by atoms with Crippen molar-refractivity contribution in [3.05, 3.63) is 52.2 Å². The molecular weight excluding hydrogens is 366 g/mol. The molecule has 0 aliphatic carbocycles. The van der Waals surface area contributed by atoms with E-state index in [1.54, 1.807) is 11.3 Å². The normalized spacial score (nSPS) is 12.0. The summed E-state index contributed by atoms with van der Waals surface area (Å²) >= 11 is 2.96. The minimum absolute atomic E-state index is 0.0554. The average molecular weight is 392 g/mol. The van der Waals surface area contributed by atoms with Crippen LogP contribution in [0.2, 0.25) is 0 Å². The molecule has 0 aliphatic rings. The summed E-state index contributed by atoms with van der Waals surface area (Å²) < 4.78 is 0. The number of thioether (sulfide) groups is 1. The second kappa shape index (κ2) is 10.4. The van der Waals surface area contributed by atoms with Gasteiger partial charge < -0.3 is 15.5 Å². The zero-order valence-electron chi connectivity index (χ0n) is 15.3. The van der Waals surface area contributed by atoms with E-state index in [2.05, 4.69) is 27.0 Å². The Morgan fingerprint density at radius 3 is 2.42 bits per heavy atom. The van der Waals surface area contributed by atoms with E-state index in [4.69, 9.17) is 0 Å². The summed E-state index contributed by atoms with van der Waals surface area (Å²) in [4.78, 5) is 26.0. The smallest absolute Gasteiger partial charge is 0.234 e. The topological polar surface area (TPSA) is 61.4 Å². The van der Waals surface area contributed by atoms with E-state index in [1.807, 2.05) is 50.7 Å². The number of nitrogens with one attached hydrogen (secondary N) is 2. The first-order valence-corrected chi connectivity index (χ1v) is 10.4. The Hall–Kier alpha value is -1.83. The third kappa shape index (κ3) is 6.82. The molecule has 0 aliphatic heterocycles. The van der Waals surface area contributed by atoms with Gasteiger partial charge in [0.2, 0.25) is 11.8 Å². The van der Waals surface area contributed by atoms with Crippen LogP contribution in [0.4, 0.5) is 5.69 Å². The van der Waals surface area contributed by atoms with Gasteiger partial charge in [-0.1, -0.05) is 17.7 Å². The van der Waals surface area contributed by atoms with Crippen molar-refractivity contribution < 1.29 is 9.59 Å². The predicted molar refractivity (Wildman–Crippen MR) is 111 cm³/mol. The summed E-state index contributed by atoms with van der Waals surface area (Å²) in [6.45, 7) is 2.55.